The molecule has 0 amide bonds. The molecule has 7 heteroatoms. The molecule has 106 valence electrons. The first kappa shape index (κ1) is 14.5. The number of nitrogens with two attached hydrogens (primary N) is 1. The number of halogens is 1. The number of hydrogen-bond donors (Lipinski definition) is 3. The molecule has 1 aromatic carbocycles. The third-order valence-corrected chi connectivity index (χ3v) is 3.43. The largest absolute Gasteiger partial charge is 0.496 e. The van der Waals surface area contributed by atoms with Crippen molar-refractivity contribution in [2.45, 2.75) is 13.8 Å². The molecule has 20 heavy (non-hydrogen) atoms. The third kappa shape index (κ3) is 3.00. The standard InChI is InChI=1S/C13H16BrN5O/c1-7-12(16-8(2)17-13(7)19-15)18-9-4-5-11(20-3)10(14)6-9/h4-6H,15H2,1-3H3,(H2,16,17,18,19). The van der Waals surface area contributed by atoms with Gasteiger partial charge >= 0.3 is 0 Å². The number of nitrogen functional groups attached to an aromatic ring is 1. The predicted octanol–water partition coefficient (Wildman–Crippen LogP) is 2.89. The van der Waals surface area contributed by atoms with Crippen molar-refractivity contribution >= 4 is 33.3 Å². The lowest BCUT2D eigenvalue weighted by atomic mass is 10.2. The van der Waals surface area contributed by atoms with Crippen LogP contribution < -0.4 is 21.3 Å². The first-order valence-electron chi connectivity index (χ1n) is 5.97. The second-order valence-electron chi connectivity index (χ2n) is 4.21. The van der Waals surface area contributed by atoms with E-state index in [4.69, 9.17) is 10.6 Å². The van der Waals surface area contributed by atoms with E-state index in [0.717, 1.165) is 21.5 Å². The van der Waals surface area contributed by atoms with Crippen molar-refractivity contribution in [2.75, 3.05) is 17.9 Å². The number of aryl methyl sites for hydroxylation is 1. The molecule has 0 aliphatic heterocycles. The van der Waals surface area contributed by atoms with Crippen LogP contribution in [-0.4, -0.2) is 17.1 Å². The zero-order chi connectivity index (χ0) is 14.7. The van der Waals surface area contributed by atoms with Crippen LogP contribution in [-0.2, 0) is 0 Å². The van der Waals surface area contributed by atoms with Crippen molar-refractivity contribution in [3.05, 3.63) is 34.1 Å². The number of nitrogens with one attached hydrogen (secondary N) is 2. The Balaban J connectivity index is 2.34. The van der Waals surface area contributed by atoms with Gasteiger partial charge in [0.15, 0.2) is 0 Å². The average molecular weight is 338 g/mol. The molecule has 0 radical (unpaired) electrons. The molecule has 1 aromatic heterocycles. The lowest BCUT2D eigenvalue weighted by molar-refractivity contribution is 0.412. The van der Waals surface area contributed by atoms with Gasteiger partial charge in [-0.05, 0) is 48.0 Å². The highest BCUT2D eigenvalue weighted by Gasteiger charge is 2.09. The lowest BCUT2D eigenvalue weighted by Crippen LogP contribution is -2.13. The monoisotopic (exact) mass is 337 g/mol. The molecular weight excluding hydrogens is 322 g/mol. The number of hydrazine groups is 1. The average Bonchev–Trinajstić information content (AvgIpc) is 2.42. The molecule has 0 atom stereocenters. The molecule has 0 bridgehead atoms. The Kier molecular flexibility index (Phi) is 4.41. The molecule has 0 aliphatic carbocycles. The van der Waals surface area contributed by atoms with Crippen molar-refractivity contribution in [3.63, 3.8) is 0 Å². The second kappa shape index (κ2) is 6.06. The maximum atomic E-state index is 5.45. The van der Waals surface area contributed by atoms with Crippen LogP contribution in [0.1, 0.15) is 11.4 Å². The van der Waals surface area contributed by atoms with Gasteiger partial charge in [-0.3, -0.25) is 0 Å². The summed E-state index contributed by atoms with van der Waals surface area (Å²) < 4.78 is 6.07. The molecule has 2 aromatic rings. The fourth-order valence-electron chi connectivity index (χ4n) is 1.77. The van der Waals surface area contributed by atoms with Crippen LogP contribution >= 0.6 is 15.9 Å². The maximum Gasteiger partial charge on any atom is 0.148 e. The highest BCUT2D eigenvalue weighted by Crippen LogP contribution is 2.30. The Bertz CT molecular complexity index is 632. The van der Waals surface area contributed by atoms with Crippen molar-refractivity contribution in [3.8, 4) is 5.75 Å². The molecule has 4 N–H and O–H groups in total. The smallest absolute Gasteiger partial charge is 0.148 e. The first-order chi connectivity index (χ1) is 9.55. The van der Waals surface area contributed by atoms with E-state index in [9.17, 15) is 0 Å². The summed E-state index contributed by atoms with van der Waals surface area (Å²) in [4.78, 5) is 8.61. The van der Waals surface area contributed by atoms with Gasteiger partial charge in [0.25, 0.3) is 0 Å². The highest BCUT2D eigenvalue weighted by molar-refractivity contribution is 9.10. The quantitative estimate of drug-likeness (QED) is 0.587. The van der Waals surface area contributed by atoms with Crippen LogP contribution in [0.15, 0.2) is 22.7 Å². The van der Waals surface area contributed by atoms with Crippen molar-refractivity contribution in [1.82, 2.24) is 9.97 Å². The normalized spacial score (nSPS) is 10.2. The van der Waals surface area contributed by atoms with Crippen molar-refractivity contribution in [1.29, 1.82) is 0 Å². The van der Waals surface area contributed by atoms with Gasteiger partial charge in [0, 0.05) is 11.3 Å². The number of methoxy groups -OCH3 is 1. The van der Waals surface area contributed by atoms with E-state index < -0.39 is 0 Å². The summed E-state index contributed by atoms with van der Waals surface area (Å²) in [6, 6.07) is 5.71. The van der Waals surface area contributed by atoms with Crippen LogP contribution in [0.2, 0.25) is 0 Å². The van der Waals surface area contributed by atoms with Gasteiger partial charge in [-0.2, -0.15) is 0 Å². The van der Waals surface area contributed by atoms with Crippen LogP contribution in [0.4, 0.5) is 17.3 Å². The highest BCUT2D eigenvalue weighted by atomic mass is 79.9. The van der Waals surface area contributed by atoms with E-state index in [2.05, 4.69) is 36.6 Å². The van der Waals surface area contributed by atoms with Gasteiger partial charge in [0.2, 0.25) is 0 Å². The van der Waals surface area contributed by atoms with Gasteiger partial charge in [-0.25, -0.2) is 15.8 Å². The summed E-state index contributed by atoms with van der Waals surface area (Å²) in [5.74, 6) is 8.18. The van der Waals surface area contributed by atoms with Gasteiger partial charge in [-0.1, -0.05) is 0 Å². The number of aromatic nitrogens is 2. The van der Waals surface area contributed by atoms with Crippen LogP contribution in [0.5, 0.6) is 5.75 Å². The van der Waals surface area contributed by atoms with E-state index in [-0.39, 0.29) is 0 Å². The molecule has 2 rings (SSSR count). The number of anilines is 3. The molecule has 0 aliphatic rings. The SMILES string of the molecule is COc1ccc(Nc2nc(C)nc(NN)c2C)cc1Br. The van der Waals surface area contributed by atoms with E-state index in [1.165, 1.54) is 0 Å². The minimum absolute atomic E-state index is 0.604. The predicted molar refractivity (Wildman–Crippen MR) is 83.3 cm³/mol. The van der Waals surface area contributed by atoms with E-state index >= 15 is 0 Å². The fraction of sp³-hybridized carbons (Fsp3) is 0.231. The van der Waals surface area contributed by atoms with Crippen LogP contribution in [0, 0.1) is 13.8 Å². The lowest BCUT2D eigenvalue weighted by Gasteiger charge is -2.13. The van der Waals surface area contributed by atoms with E-state index in [0.29, 0.717) is 17.5 Å². The van der Waals surface area contributed by atoms with Crippen molar-refractivity contribution < 1.29 is 4.74 Å². The molecule has 0 saturated carbocycles. The van der Waals surface area contributed by atoms with E-state index in [1.54, 1.807) is 7.11 Å². The number of nitrogens with zero attached hydrogens (tertiary/aromatic N) is 2. The molecule has 0 unspecified atom stereocenters. The Morgan fingerprint density at radius 3 is 2.50 bits per heavy atom. The Hall–Kier alpha value is -1.86. The molecule has 1 heterocycles. The Morgan fingerprint density at radius 2 is 1.90 bits per heavy atom. The second-order valence-corrected chi connectivity index (χ2v) is 5.07. The molecule has 0 fully saturated rings. The Labute approximate surface area is 125 Å². The van der Waals surface area contributed by atoms with Crippen LogP contribution in [0.25, 0.3) is 0 Å². The van der Waals surface area contributed by atoms with Gasteiger partial charge < -0.3 is 15.5 Å². The summed E-state index contributed by atoms with van der Waals surface area (Å²) in [6.45, 7) is 3.71. The molecule has 0 spiro atoms. The maximum absolute atomic E-state index is 5.45. The topological polar surface area (TPSA) is 85.1 Å². The van der Waals surface area contributed by atoms with Gasteiger partial charge in [0.05, 0.1) is 11.6 Å². The zero-order valence-corrected chi connectivity index (χ0v) is 13.1. The number of rotatable bonds is 4. The first-order valence-corrected chi connectivity index (χ1v) is 6.77. The third-order valence-electron chi connectivity index (χ3n) is 2.81. The summed E-state index contributed by atoms with van der Waals surface area (Å²) in [6.07, 6.45) is 0. The van der Waals surface area contributed by atoms with Gasteiger partial charge in [0.1, 0.15) is 23.2 Å². The number of ether oxygens (including phenoxy) is 1. The minimum Gasteiger partial charge on any atom is -0.496 e. The van der Waals surface area contributed by atoms with Crippen molar-refractivity contribution in [2.24, 2.45) is 5.84 Å². The summed E-state index contributed by atoms with van der Waals surface area (Å²) >= 11 is 3.45. The van der Waals surface area contributed by atoms with Crippen LogP contribution in [0.3, 0.4) is 0 Å². The zero-order valence-electron chi connectivity index (χ0n) is 11.5. The summed E-state index contributed by atoms with van der Waals surface area (Å²) in [7, 11) is 1.63. The Morgan fingerprint density at radius 1 is 1.20 bits per heavy atom. The summed E-state index contributed by atoms with van der Waals surface area (Å²) in [5, 5.41) is 3.25. The van der Waals surface area contributed by atoms with Gasteiger partial charge in [-0.15, -0.1) is 0 Å². The number of hydrogen-bond acceptors (Lipinski definition) is 6. The minimum atomic E-state index is 0.604. The molecule has 6 nitrogen and oxygen atoms in total. The summed E-state index contributed by atoms with van der Waals surface area (Å²) in [5.41, 5.74) is 4.31. The van der Waals surface area contributed by atoms with E-state index in [1.807, 2.05) is 32.0 Å². The molecular formula is C13H16BrN5O. The number of benzene rings is 1. The fourth-order valence-corrected chi connectivity index (χ4v) is 2.31. The molecule has 0 saturated heterocycles.